The monoisotopic (exact) mass is 252 g/mol. The van der Waals surface area contributed by atoms with Gasteiger partial charge in [-0.1, -0.05) is 43.4 Å². The maximum absolute atomic E-state index is 9.09. The molecule has 1 aromatic carbocycles. The number of nitrogens with two attached hydrogens (primary N) is 1. The second-order valence-corrected chi connectivity index (χ2v) is 4.49. The molecule has 0 aromatic heterocycles. The second-order valence-electron chi connectivity index (χ2n) is 4.01. The number of rotatable bonds is 6. The lowest BCUT2D eigenvalue weighted by Gasteiger charge is -2.30. The first-order valence-electron chi connectivity index (χ1n) is 5.81. The maximum atomic E-state index is 9.09. The van der Waals surface area contributed by atoms with E-state index in [-0.39, 0.29) is 12.6 Å². The topological polar surface area (TPSA) is 49.5 Å². The summed E-state index contributed by atoms with van der Waals surface area (Å²) in [6.07, 6.45) is 0. The maximum Gasteiger partial charge on any atom is 0.0948 e. The van der Waals surface area contributed by atoms with Crippen molar-refractivity contribution in [3.63, 3.8) is 0 Å². The van der Waals surface area contributed by atoms with Crippen molar-refractivity contribution >= 4 is 17.2 Å². The van der Waals surface area contributed by atoms with E-state index < -0.39 is 0 Å². The third-order valence-electron chi connectivity index (χ3n) is 2.91. The smallest absolute Gasteiger partial charge is 0.0948 e. The zero-order valence-electron chi connectivity index (χ0n) is 10.4. The van der Waals surface area contributed by atoms with Crippen molar-refractivity contribution < 1.29 is 5.11 Å². The lowest BCUT2D eigenvalue weighted by Crippen LogP contribution is -2.38. The molecule has 0 heterocycles. The van der Waals surface area contributed by atoms with Gasteiger partial charge in [-0.2, -0.15) is 0 Å². The Balaban J connectivity index is 3.08. The Labute approximate surface area is 108 Å². The van der Waals surface area contributed by atoms with Crippen molar-refractivity contribution in [1.29, 1.82) is 0 Å². The molecule has 0 spiro atoms. The first kappa shape index (κ1) is 14.1. The summed E-state index contributed by atoms with van der Waals surface area (Å²) < 4.78 is 0. The largest absolute Gasteiger partial charge is 0.395 e. The molecule has 0 amide bonds. The van der Waals surface area contributed by atoms with Crippen molar-refractivity contribution in [3.8, 4) is 0 Å². The van der Waals surface area contributed by atoms with Gasteiger partial charge in [-0.3, -0.25) is 4.90 Å². The molecule has 0 radical (unpaired) electrons. The molecule has 0 aliphatic carbocycles. The van der Waals surface area contributed by atoms with E-state index in [0.29, 0.717) is 11.5 Å². The van der Waals surface area contributed by atoms with Crippen LogP contribution in [-0.2, 0) is 0 Å². The molecule has 0 aliphatic rings. The fraction of sp³-hybridized carbons (Fsp3) is 0.462. The molecule has 94 valence electrons. The van der Waals surface area contributed by atoms with Gasteiger partial charge in [-0.05, 0) is 24.6 Å². The van der Waals surface area contributed by atoms with Crippen LogP contribution in [0.25, 0.3) is 0 Å². The van der Waals surface area contributed by atoms with E-state index in [1.807, 2.05) is 38.1 Å². The third-order valence-corrected chi connectivity index (χ3v) is 3.13. The van der Waals surface area contributed by atoms with Gasteiger partial charge < -0.3 is 10.8 Å². The van der Waals surface area contributed by atoms with Gasteiger partial charge >= 0.3 is 0 Å². The van der Waals surface area contributed by atoms with Gasteiger partial charge in [0.15, 0.2) is 0 Å². The highest BCUT2D eigenvalue weighted by molar-refractivity contribution is 7.80. The summed E-state index contributed by atoms with van der Waals surface area (Å²) >= 11 is 5.17. The third kappa shape index (κ3) is 3.49. The molecule has 0 saturated heterocycles. The Morgan fingerprint density at radius 1 is 1.47 bits per heavy atom. The summed E-state index contributed by atoms with van der Waals surface area (Å²) in [6.45, 7) is 5.58. The molecule has 1 unspecified atom stereocenters. The lowest BCUT2D eigenvalue weighted by atomic mass is 10.00. The first-order valence-corrected chi connectivity index (χ1v) is 6.22. The molecule has 3 N–H and O–H groups in total. The summed E-state index contributed by atoms with van der Waals surface area (Å²) in [7, 11) is 0. The van der Waals surface area contributed by atoms with Crippen LogP contribution in [0.15, 0.2) is 24.3 Å². The van der Waals surface area contributed by atoms with Gasteiger partial charge in [0.25, 0.3) is 0 Å². The minimum atomic E-state index is -0.0941. The minimum absolute atomic E-state index is 0.0941. The van der Waals surface area contributed by atoms with E-state index in [1.54, 1.807) is 0 Å². The summed E-state index contributed by atoms with van der Waals surface area (Å²) in [5.41, 5.74) is 8.14. The van der Waals surface area contributed by atoms with Crippen molar-refractivity contribution in [3.05, 3.63) is 35.4 Å². The molecule has 1 aromatic rings. The Hall–Kier alpha value is -0.970. The van der Waals surface area contributed by atoms with Crippen LogP contribution in [0.1, 0.15) is 24.1 Å². The van der Waals surface area contributed by atoms with Crippen LogP contribution in [0.4, 0.5) is 0 Å². The number of hydrogen-bond donors (Lipinski definition) is 2. The number of thiocarbonyl (C=S) groups is 1. The second kappa shape index (κ2) is 6.69. The van der Waals surface area contributed by atoms with Gasteiger partial charge in [0, 0.05) is 6.54 Å². The van der Waals surface area contributed by atoms with Gasteiger partial charge in [0.2, 0.25) is 0 Å². The van der Waals surface area contributed by atoms with Crippen molar-refractivity contribution in [2.24, 2.45) is 5.73 Å². The van der Waals surface area contributed by atoms with Crippen molar-refractivity contribution in [1.82, 2.24) is 4.90 Å². The molecule has 3 nitrogen and oxygen atoms in total. The zero-order chi connectivity index (χ0) is 12.8. The molecule has 0 aliphatic heterocycles. The number of aliphatic hydroxyl groups excluding tert-OH is 1. The van der Waals surface area contributed by atoms with Crippen LogP contribution in [0.3, 0.4) is 0 Å². The fourth-order valence-corrected chi connectivity index (χ4v) is 2.30. The normalized spacial score (nSPS) is 12.7. The molecular weight excluding hydrogens is 232 g/mol. The summed E-state index contributed by atoms with van der Waals surface area (Å²) in [4.78, 5) is 2.54. The highest BCUT2D eigenvalue weighted by atomic mass is 32.1. The summed E-state index contributed by atoms with van der Waals surface area (Å²) in [6, 6.07) is 7.98. The summed E-state index contributed by atoms with van der Waals surface area (Å²) in [5, 5.41) is 9.09. The van der Waals surface area contributed by atoms with Crippen LogP contribution in [0, 0.1) is 6.92 Å². The van der Waals surface area contributed by atoms with Gasteiger partial charge in [-0.15, -0.1) is 0 Å². The van der Waals surface area contributed by atoms with E-state index in [2.05, 4.69) is 4.90 Å². The molecule has 0 fully saturated rings. The van der Waals surface area contributed by atoms with Crippen LogP contribution >= 0.6 is 12.2 Å². The minimum Gasteiger partial charge on any atom is -0.395 e. The van der Waals surface area contributed by atoms with E-state index >= 15 is 0 Å². The van der Waals surface area contributed by atoms with Crippen LogP contribution in [-0.4, -0.2) is 34.7 Å². The Bertz CT molecular complexity index is 381. The number of aliphatic hydroxyl groups is 1. The molecule has 0 bridgehead atoms. The van der Waals surface area contributed by atoms with E-state index in [4.69, 9.17) is 23.1 Å². The Morgan fingerprint density at radius 2 is 2.12 bits per heavy atom. The fourth-order valence-electron chi connectivity index (χ4n) is 2.02. The van der Waals surface area contributed by atoms with Crippen molar-refractivity contribution in [2.75, 3.05) is 19.7 Å². The molecule has 4 heteroatoms. The molecule has 1 atom stereocenters. The quantitative estimate of drug-likeness (QED) is 0.756. The SMILES string of the molecule is CCN(CCO)C(C(N)=S)c1ccccc1C. The Morgan fingerprint density at radius 3 is 2.59 bits per heavy atom. The van der Waals surface area contributed by atoms with Gasteiger partial charge in [-0.25, -0.2) is 0 Å². The van der Waals surface area contributed by atoms with E-state index in [1.165, 1.54) is 5.56 Å². The standard InChI is InChI=1S/C13H20N2OS/c1-3-15(8-9-16)12(13(14)17)11-7-5-4-6-10(11)2/h4-7,12,16H,3,8-9H2,1-2H3,(H2,14,17). The predicted octanol–water partition coefficient (Wildman–Crippen LogP) is 1.64. The van der Waals surface area contributed by atoms with Gasteiger partial charge in [0.05, 0.1) is 17.6 Å². The highest BCUT2D eigenvalue weighted by Gasteiger charge is 2.22. The van der Waals surface area contributed by atoms with Crippen molar-refractivity contribution in [2.45, 2.75) is 19.9 Å². The summed E-state index contributed by atoms with van der Waals surface area (Å²) in [5.74, 6) is 0. The number of likely N-dealkylation sites (N-methyl/N-ethyl adjacent to an activating group) is 1. The average molecular weight is 252 g/mol. The number of hydrogen-bond acceptors (Lipinski definition) is 3. The average Bonchev–Trinajstić information content (AvgIpc) is 2.30. The van der Waals surface area contributed by atoms with Crippen LogP contribution < -0.4 is 5.73 Å². The number of nitrogens with zero attached hydrogens (tertiary/aromatic N) is 1. The lowest BCUT2D eigenvalue weighted by molar-refractivity contribution is 0.185. The van der Waals surface area contributed by atoms with Crippen LogP contribution in [0.2, 0.25) is 0 Å². The Kier molecular flexibility index (Phi) is 5.55. The highest BCUT2D eigenvalue weighted by Crippen LogP contribution is 2.23. The van der Waals surface area contributed by atoms with E-state index in [9.17, 15) is 0 Å². The molecular formula is C13H20N2OS. The van der Waals surface area contributed by atoms with Crippen LogP contribution in [0.5, 0.6) is 0 Å². The number of aryl methyl sites for hydroxylation is 1. The first-order chi connectivity index (χ1) is 8.11. The zero-order valence-corrected chi connectivity index (χ0v) is 11.2. The predicted molar refractivity (Wildman–Crippen MR) is 75.0 cm³/mol. The van der Waals surface area contributed by atoms with Gasteiger partial charge in [0.1, 0.15) is 0 Å². The molecule has 1 rings (SSSR count). The molecule has 17 heavy (non-hydrogen) atoms. The van der Waals surface area contributed by atoms with E-state index in [0.717, 1.165) is 12.1 Å². The molecule has 0 saturated carbocycles. The number of benzene rings is 1.